The van der Waals surface area contributed by atoms with E-state index >= 15 is 0 Å². The number of hydrogen-bond donors (Lipinski definition) is 2. The Bertz CT molecular complexity index is 1230. The average Bonchev–Trinajstić information content (AvgIpc) is 3.36. The summed E-state index contributed by atoms with van der Waals surface area (Å²) in [5.41, 5.74) is 1.84. The monoisotopic (exact) mass is 475 g/mol. The number of halogens is 3. The lowest BCUT2D eigenvalue weighted by atomic mass is 10.0. The lowest BCUT2D eigenvalue weighted by Gasteiger charge is -2.29. The molecule has 2 aromatic rings. The summed E-state index contributed by atoms with van der Waals surface area (Å²) < 4.78 is 37.9. The Morgan fingerprint density at radius 1 is 1.21 bits per heavy atom. The van der Waals surface area contributed by atoms with Crippen molar-refractivity contribution in [2.75, 3.05) is 0 Å². The number of carbonyl (C=O) groups excluding carboxylic acids is 4. The third-order valence-corrected chi connectivity index (χ3v) is 6.27. The molecule has 1 aromatic heterocycles. The van der Waals surface area contributed by atoms with Crippen molar-refractivity contribution in [3.05, 3.63) is 56.8 Å². The van der Waals surface area contributed by atoms with E-state index in [4.69, 9.17) is 0 Å². The van der Waals surface area contributed by atoms with Gasteiger partial charge in [0.1, 0.15) is 10.9 Å². The average molecular weight is 475 g/mol. The first kappa shape index (κ1) is 22.5. The van der Waals surface area contributed by atoms with Crippen LogP contribution in [0.25, 0.3) is 0 Å². The summed E-state index contributed by atoms with van der Waals surface area (Å²) in [5.74, 6) is 2.87. The van der Waals surface area contributed by atoms with Crippen LogP contribution in [-0.4, -0.2) is 34.6 Å². The maximum atomic E-state index is 12.7. The van der Waals surface area contributed by atoms with E-state index in [1.807, 2.05) is 0 Å². The van der Waals surface area contributed by atoms with Gasteiger partial charge in [-0.1, -0.05) is 12.1 Å². The molecule has 1 unspecified atom stereocenters. The van der Waals surface area contributed by atoms with Crippen LogP contribution in [0.4, 0.5) is 13.2 Å². The number of amides is 4. The maximum absolute atomic E-state index is 12.7. The number of hydrogen-bond acceptors (Lipinski definition) is 5. The molecule has 1 fully saturated rings. The molecule has 33 heavy (non-hydrogen) atoms. The van der Waals surface area contributed by atoms with Gasteiger partial charge in [0.2, 0.25) is 11.8 Å². The molecule has 0 aliphatic carbocycles. The summed E-state index contributed by atoms with van der Waals surface area (Å²) in [4.78, 5) is 48.9. The Labute approximate surface area is 189 Å². The zero-order chi connectivity index (χ0) is 23.8. The number of piperidine rings is 1. The van der Waals surface area contributed by atoms with E-state index in [1.54, 1.807) is 18.2 Å². The third kappa shape index (κ3) is 4.90. The van der Waals surface area contributed by atoms with E-state index in [1.165, 1.54) is 11.0 Å². The van der Waals surface area contributed by atoms with Crippen LogP contribution in [0.1, 0.15) is 44.1 Å². The van der Waals surface area contributed by atoms with E-state index in [-0.39, 0.29) is 42.6 Å². The fourth-order valence-electron chi connectivity index (χ4n) is 3.64. The second-order valence-corrected chi connectivity index (χ2v) is 8.57. The molecule has 1 aromatic carbocycles. The Kier molecular flexibility index (Phi) is 5.95. The fraction of sp³-hybridized carbons (Fsp3) is 0.273. The van der Waals surface area contributed by atoms with Gasteiger partial charge in [-0.3, -0.25) is 24.5 Å². The van der Waals surface area contributed by atoms with E-state index < -0.39 is 28.9 Å². The lowest BCUT2D eigenvalue weighted by Crippen LogP contribution is -2.52. The van der Waals surface area contributed by atoms with Crippen molar-refractivity contribution in [1.82, 2.24) is 15.5 Å². The van der Waals surface area contributed by atoms with Crippen molar-refractivity contribution in [1.29, 1.82) is 0 Å². The van der Waals surface area contributed by atoms with Crippen molar-refractivity contribution >= 4 is 35.0 Å². The minimum Gasteiger partial charge on any atom is -0.341 e. The number of carbonyl (C=O) groups is 4. The number of nitrogens with one attached hydrogen (secondary N) is 2. The SMILES string of the molecule is O=C(C#Cc1ccc(C(F)(F)F)s1)NCc1ccc2c(c1)CN(C1CCC(=O)NC1=O)C2=O. The van der Waals surface area contributed by atoms with Gasteiger partial charge in [0.25, 0.3) is 11.8 Å². The van der Waals surface area contributed by atoms with Gasteiger partial charge >= 0.3 is 6.18 Å². The van der Waals surface area contributed by atoms with Crippen LogP contribution in [0.15, 0.2) is 30.3 Å². The molecule has 4 rings (SSSR count). The fourth-order valence-corrected chi connectivity index (χ4v) is 4.37. The molecule has 4 amide bonds. The molecule has 0 bridgehead atoms. The van der Waals surface area contributed by atoms with Crippen molar-refractivity contribution in [3.63, 3.8) is 0 Å². The Morgan fingerprint density at radius 3 is 2.70 bits per heavy atom. The summed E-state index contributed by atoms with van der Waals surface area (Å²) in [6.07, 6.45) is -4.02. The van der Waals surface area contributed by atoms with Gasteiger partial charge in [-0.25, -0.2) is 0 Å². The smallest absolute Gasteiger partial charge is 0.341 e. The summed E-state index contributed by atoms with van der Waals surface area (Å²) >= 11 is 0.460. The number of nitrogens with zero attached hydrogens (tertiary/aromatic N) is 1. The highest BCUT2D eigenvalue weighted by Crippen LogP contribution is 2.34. The molecule has 11 heteroatoms. The van der Waals surface area contributed by atoms with Crippen LogP contribution in [0, 0.1) is 11.8 Å². The van der Waals surface area contributed by atoms with E-state index in [9.17, 15) is 32.3 Å². The number of alkyl halides is 3. The van der Waals surface area contributed by atoms with Crippen LogP contribution in [0.3, 0.4) is 0 Å². The zero-order valence-electron chi connectivity index (χ0n) is 16.9. The first-order valence-electron chi connectivity index (χ1n) is 9.85. The van der Waals surface area contributed by atoms with Crippen molar-refractivity contribution in [2.24, 2.45) is 0 Å². The molecule has 2 aliphatic rings. The van der Waals surface area contributed by atoms with E-state index in [0.717, 1.165) is 6.07 Å². The minimum atomic E-state index is -4.45. The van der Waals surface area contributed by atoms with Crippen LogP contribution >= 0.6 is 11.3 Å². The first-order valence-corrected chi connectivity index (χ1v) is 10.7. The standard InChI is InChI=1S/C22H16F3N3O4S/c23-22(24,25)17-6-2-14(33-17)3-7-18(29)26-10-12-1-4-15-13(9-12)11-28(21(15)32)16-5-8-19(30)27-20(16)31/h1-2,4,6,9,16H,5,8,10-11H2,(H,26,29)(H,27,30,31). The molecule has 2 aliphatic heterocycles. The Morgan fingerprint density at radius 2 is 2.00 bits per heavy atom. The Hall–Kier alpha value is -3.65. The predicted molar refractivity (Wildman–Crippen MR) is 111 cm³/mol. The van der Waals surface area contributed by atoms with Crippen LogP contribution in [-0.2, 0) is 33.6 Å². The number of rotatable bonds is 3. The van der Waals surface area contributed by atoms with Crippen molar-refractivity contribution < 1.29 is 32.3 Å². The molecule has 2 N–H and O–H groups in total. The minimum absolute atomic E-state index is 0.103. The zero-order valence-corrected chi connectivity index (χ0v) is 17.7. The lowest BCUT2D eigenvalue weighted by molar-refractivity contribution is -0.137. The highest BCUT2D eigenvalue weighted by atomic mass is 32.1. The molecule has 170 valence electrons. The summed E-state index contributed by atoms with van der Waals surface area (Å²) in [6.45, 7) is 0.313. The van der Waals surface area contributed by atoms with Crippen LogP contribution < -0.4 is 10.6 Å². The maximum Gasteiger partial charge on any atom is 0.425 e. The molecule has 0 saturated carbocycles. The molecule has 7 nitrogen and oxygen atoms in total. The molecule has 0 radical (unpaired) electrons. The number of fused-ring (bicyclic) bond motifs is 1. The normalized spacial score (nSPS) is 17.8. The van der Waals surface area contributed by atoms with Crippen molar-refractivity contribution in [3.8, 4) is 11.8 Å². The van der Waals surface area contributed by atoms with Gasteiger partial charge in [-0.2, -0.15) is 13.2 Å². The van der Waals surface area contributed by atoms with E-state index in [2.05, 4.69) is 22.5 Å². The van der Waals surface area contributed by atoms with Gasteiger partial charge < -0.3 is 10.2 Å². The number of imide groups is 1. The van der Waals surface area contributed by atoms with Gasteiger partial charge in [0.15, 0.2) is 0 Å². The van der Waals surface area contributed by atoms with Crippen molar-refractivity contribution in [2.45, 2.75) is 38.1 Å². The highest BCUT2D eigenvalue weighted by Gasteiger charge is 2.39. The van der Waals surface area contributed by atoms with Crippen LogP contribution in [0.5, 0.6) is 0 Å². The van der Waals surface area contributed by atoms with Gasteiger partial charge in [0.05, 0.1) is 4.88 Å². The third-order valence-electron chi connectivity index (χ3n) is 5.23. The first-order chi connectivity index (χ1) is 15.6. The second-order valence-electron chi connectivity index (χ2n) is 7.49. The van der Waals surface area contributed by atoms with Gasteiger partial charge in [0, 0.05) is 31.0 Å². The number of thiophene rings is 1. The summed E-state index contributed by atoms with van der Waals surface area (Å²) in [7, 11) is 0. The quantitative estimate of drug-likeness (QED) is 0.526. The molecule has 0 spiro atoms. The Balaban J connectivity index is 1.37. The van der Waals surface area contributed by atoms with Crippen LogP contribution in [0.2, 0.25) is 0 Å². The topological polar surface area (TPSA) is 95.6 Å². The van der Waals surface area contributed by atoms with E-state index in [0.29, 0.717) is 28.0 Å². The second kappa shape index (κ2) is 8.71. The molecule has 1 saturated heterocycles. The van der Waals surface area contributed by atoms with Gasteiger partial charge in [-0.05, 0) is 41.7 Å². The number of benzene rings is 1. The largest absolute Gasteiger partial charge is 0.425 e. The summed E-state index contributed by atoms with van der Waals surface area (Å²) in [6, 6.07) is 6.42. The predicted octanol–water partition coefficient (Wildman–Crippen LogP) is 2.20. The van der Waals surface area contributed by atoms with Gasteiger partial charge in [-0.15, -0.1) is 11.3 Å². The molecular weight excluding hydrogens is 459 g/mol. The highest BCUT2D eigenvalue weighted by molar-refractivity contribution is 7.12. The molecule has 1 atom stereocenters. The summed E-state index contributed by atoms with van der Waals surface area (Å²) in [5, 5.41) is 4.81. The molecule has 3 heterocycles. The molecular formula is C22H16F3N3O4S.